The molecule has 0 amide bonds. The van der Waals surface area contributed by atoms with Gasteiger partial charge in [0.15, 0.2) is 5.82 Å². The molecule has 0 aliphatic carbocycles. The molecule has 94 valence electrons. The van der Waals surface area contributed by atoms with E-state index in [4.69, 9.17) is 4.98 Å². The average molecular weight is 257 g/mol. The third-order valence-corrected chi connectivity index (χ3v) is 3.37. The van der Waals surface area contributed by atoms with E-state index in [0.29, 0.717) is 0 Å². The summed E-state index contributed by atoms with van der Waals surface area (Å²) >= 11 is 0. The van der Waals surface area contributed by atoms with Gasteiger partial charge in [0.25, 0.3) is 0 Å². The first-order valence-electron chi connectivity index (χ1n) is 6.48. The molecule has 0 atom stereocenters. The lowest BCUT2D eigenvalue weighted by molar-refractivity contribution is 1.18. The average Bonchev–Trinajstić information content (AvgIpc) is 2.53. The highest BCUT2D eigenvalue weighted by atomic mass is 14.9. The van der Waals surface area contributed by atoms with E-state index in [0.717, 1.165) is 33.2 Å². The van der Waals surface area contributed by atoms with Gasteiger partial charge in [-0.25, -0.2) is 15.0 Å². The summed E-state index contributed by atoms with van der Waals surface area (Å²) in [6.45, 7) is 0. The number of hydrogen-bond donors (Lipinski definition) is 0. The van der Waals surface area contributed by atoms with Gasteiger partial charge in [0.1, 0.15) is 0 Å². The van der Waals surface area contributed by atoms with Gasteiger partial charge in [0.05, 0.1) is 11.0 Å². The van der Waals surface area contributed by atoms with E-state index in [1.165, 1.54) is 0 Å². The molecule has 0 aliphatic rings. The molecule has 0 aliphatic heterocycles. The van der Waals surface area contributed by atoms with Gasteiger partial charge in [-0.3, -0.25) is 0 Å². The predicted octanol–water partition coefficient (Wildman–Crippen LogP) is 3.85. The number of fused-ring (bicyclic) bond motifs is 2. The maximum Gasteiger partial charge on any atom is 0.159 e. The van der Waals surface area contributed by atoms with Crippen molar-refractivity contribution in [2.45, 2.75) is 0 Å². The van der Waals surface area contributed by atoms with Crippen LogP contribution >= 0.6 is 0 Å². The topological polar surface area (TPSA) is 38.7 Å². The van der Waals surface area contributed by atoms with Gasteiger partial charge < -0.3 is 0 Å². The second kappa shape index (κ2) is 4.38. The minimum absolute atomic E-state index is 0.732. The minimum Gasteiger partial charge on any atom is -0.248 e. The molecule has 0 spiro atoms. The highest BCUT2D eigenvalue weighted by molar-refractivity contribution is 5.99. The number of pyridine rings is 1. The normalized spacial score (nSPS) is 11.0. The molecule has 2 aromatic carbocycles. The van der Waals surface area contributed by atoms with Crippen LogP contribution in [0.5, 0.6) is 0 Å². The van der Waals surface area contributed by atoms with Crippen molar-refractivity contribution in [3.05, 3.63) is 67.0 Å². The van der Waals surface area contributed by atoms with Gasteiger partial charge in [0, 0.05) is 28.7 Å². The highest BCUT2D eigenvalue weighted by Crippen LogP contribution is 2.27. The fourth-order valence-corrected chi connectivity index (χ4v) is 2.43. The molecule has 3 heteroatoms. The van der Waals surface area contributed by atoms with Gasteiger partial charge in [-0.2, -0.15) is 0 Å². The third-order valence-electron chi connectivity index (χ3n) is 3.37. The molecule has 3 nitrogen and oxygen atoms in total. The molecule has 0 saturated carbocycles. The Balaban J connectivity index is 2.09. The van der Waals surface area contributed by atoms with Gasteiger partial charge in [0.2, 0.25) is 0 Å². The van der Waals surface area contributed by atoms with Crippen molar-refractivity contribution in [1.82, 2.24) is 15.0 Å². The van der Waals surface area contributed by atoms with Crippen molar-refractivity contribution in [3.63, 3.8) is 0 Å². The largest absolute Gasteiger partial charge is 0.248 e. The summed E-state index contributed by atoms with van der Waals surface area (Å²) in [7, 11) is 0. The lowest BCUT2D eigenvalue weighted by Gasteiger charge is -2.06. The molecule has 0 unspecified atom stereocenters. The van der Waals surface area contributed by atoms with Gasteiger partial charge in [-0.1, -0.05) is 30.3 Å². The quantitative estimate of drug-likeness (QED) is 0.486. The molecule has 0 radical (unpaired) electrons. The number of hydrogen-bond acceptors (Lipinski definition) is 3. The molecule has 20 heavy (non-hydrogen) atoms. The Hall–Kier alpha value is -2.81. The second-order valence-corrected chi connectivity index (χ2v) is 4.63. The Kier molecular flexibility index (Phi) is 2.42. The summed E-state index contributed by atoms with van der Waals surface area (Å²) in [6.07, 6.45) is 3.52. The van der Waals surface area contributed by atoms with Crippen LogP contribution < -0.4 is 0 Å². The highest BCUT2D eigenvalue weighted by Gasteiger charge is 2.07. The van der Waals surface area contributed by atoms with Crippen molar-refractivity contribution in [2.24, 2.45) is 0 Å². The van der Waals surface area contributed by atoms with E-state index >= 15 is 0 Å². The minimum atomic E-state index is 0.732. The third kappa shape index (κ3) is 1.72. The van der Waals surface area contributed by atoms with Crippen LogP contribution in [0.25, 0.3) is 33.2 Å². The number of aromatic nitrogens is 3. The number of rotatable bonds is 1. The summed E-state index contributed by atoms with van der Waals surface area (Å²) in [6, 6.07) is 18.2. The Morgan fingerprint density at radius 2 is 1.50 bits per heavy atom. The van der Waals surface area contributed by atoms with Gasteiger partial charge >= 0.3 is 0 Å². The Labute approximate surface area is 116 Å². The summed E-state index contributed by atoms with van der Waals surface area (Å²) in [5.74, 6) is 0.732. The van der Waals surface area contributed by atoms with E-state index in [1.54, 1.807) is 12.4 Å². The first-order chi connectivity index (χ1) is 9.92. The van der Waals surface area contributed by atoms with Crippen molar-refractivity contribution in [2.75, 3.05) is 0 Å². The Morgan fingerprint density at radius 3 is 2.40 bits per heavy atom. The summed E-state index contributed by atoms with van der Waals surface area (Å²) in [5, 5.41) is 2.21. The summed E-state index contributed by atoms with van der Waals surface area (Å²) < 4.78 is 0. The summed E-state index contributed by atoms with van der Waals surface area (Å²) in [5.41, 5.74) is 2.99. The van der Waals surface area contributed by atoms with Crippen molar-refractivity contribution >= 4 is 21.8 Å². The smallest absolute Gasteiger partial charge is 0.159 e. The van der Waals surface area contributed by atoms with Crippen LogP contribution in [-0.2, 0) is 0 Å². The van der Waals surface area contributed by atoms with Crippen LogP contribution in [0.1, 0.15) is 0 Å². The standard InChI is InChI=1S/C17H11N3/c1-2-7-15-12(5-1)11-14-13(6-3-8-16(14)20-15)17-18-9-4-10-19-17/h1-11H. The Bertz CT molecular complexity index is 901. The number of para-hydroxylation sites is 1. The molecule has 4 rings (SSSR count). The van der Waals surface area contributed by atoms with E-state index in [9.17, 15) is 0 Å². The molecule has 0 bridgehead atoms. The fraction of sp³-hybridized carbons (Fsp3) is 0. The lowest BCUT2D eigenvalue weighted by Crippen LogP contribution is -1.90. The summed E-state index contributed by atoms with van der Waals surface area (Å²) in [4.78, 5) is 13.4. The van der Waals surface area contributed by atoms with E-state index in [1.807, 2.05) is 42.5 Å². The molecular formula is C17H11N3. The molecule has 0 saturated heterocycles. The zero-order chi connectivity index (χ0) is 13.4. The number of nitrogens with zero attached hydrogens (tertiary/aromatic N) is 3. The van der Waals surface area contributed by atoms with Crippen LogP contribution in [0, 0.1) is 0 Å². The first-order valence-corrected chi connectivity index (χ1v) is 6.48. The molecule has 2 aromatic heterocycles. The molecule has 0 N–H and O–H groups in total. The van der Waals surface area contributed by atoms with Crippen LogP contribution in [0.15, 0.2) is 67.0 Å². The molecule has 2 heterocycles. The fourth-order valence-electron chi connectivity index (χ4n) is 2.43. The van der Waals surface area contributed by atoms with Gasteiger partial charge in [-0.15, -0.1) is 0 Å². The van der Waals surface area contributed by atoms with E-state index in [-0.39, 0.29) is 0 Å². The number of benzene rings is 2. The van der Waals surface area contributed by atoms with Crippen LogP contribution in [0.4, 0.5) is 0 Å². The molecule has 0 fully saturated rings. The SMILES string of the molecule is c1cnc(-c2cccc3nc4ccccc4cc23)nc1. The van der Waals surface area contributed by atoms with Crippen molar-refractivity contribution < 1.29 is 0 Å². The first kappa shape index (κ1) is 11.1. The van der Waals surface area contributed by atoms with Crippen LogP contribution in [0.3, 0.4) is 0 Å². The van der Waals surface area contributed by atoms with Crippen molar-refractivity contribution in [1.29, 1.82) is 0 Å². The molecular weight excluding hydrogens is 246 g/mol. The molecule has 4 aromatic rings. The predicted molar refractivity (Wildman–Crippen MR) is 80.3 cm³/mol. The zero-order valence-corrected chi connectivity index (χ0v) is 10.7. The van der Waals surface area contributed by atoms with E-state index in [2.05, 4.69) is 22.1 Å². The second-order valence-electron chi connectivity index (χ2n) is 4.63. The van der Waals surface area contributed by atoms with Gasteiger partial charge in [-0.05, 0) is 24.3 Å². The maximum atomic E-state index is 4.71. The lowest BCUT2D eigenvalue weighted by atomic mass is 10.1. The monoisotopic (exact) mass is 257 g/mol. The van der Waals surface area contributed by atoms with Crippen LogP contribution in [-0.4, -0.2) is 15.0 Å². The zero-order valence-electron chi connectivity index (χ0n) is 10.7. The van der Waals surface area contributed by atoms with Crippen molar-refractivity contribution in [3.8, 4) is 11.4 Å². The maximum absolute atomic E-state index is 4.71. The van der Waals surface area contributed by atoms with E-state index < -0.39 is 0 Å². The Morgan fingerprint density at radius 1 is 0.700 bits per heavy atom. The van der Waals surface area contributed by atoms with Crippen LogP contribution in [0.2, 0.25) is 0 Å².